The van der Waals surface area contributed by atoms with Gasteiger partial charge in [0, 0.05) is 32.8 Å². The maximum absolute atomic E-state index is 10.2. The molecule has 13 heavy (non-hydrogen) atoms. The molecule has 0 spiro atoms. The Hall–Kier alpha value is -1.58. The van der Waals surface area contributed by atoms with E-state index in [1.807, 2.05) is 19.0 Å². The molecule has 0 bridgehead atoms. The standard InChI is InChI=1S/C9H14N2O2/c1-5-9(10(3)4)7-6-8(2)11(12)13/h5-7H,1H2,2-4H3/b8-6+,9-7+. The smallest absolute Gasteiger partial charge is 0.243 e. The summed E-state index contributed by atoms with van der Waals surface area (Å²) in [6.45, 7) is 5.05. The molecule has 4 heteroatoms. The quantitative estimate of drug-likeness (QED) is 0.378. The van der Waals surface area contributed by atoms with Gasteiger partial charge in [-0.05, 0) is 12.2 Å². The monoisotopic (exact) mass is 182 g/mol. The zero-order chi connectivity index (χ0) is 10.4. The molecular formula is C9H14N2O2. The van der Waals surface area contributed by atoms with Crippen LogP contribution in [0.1, 0.15) is 6.92 Å². The van der Waals surface area contributed by atoms with Gasteiger partial charge >= 0.3 is 0 Å². The summed E-state index contributed by atoms with van der Waals surface area (Å²) in [5.41, 5.74) is 0.947. The van der Waals surface area contributed by atoms with E-state index in [4.69, 9.17) is 0 Å². The van der Waals surface area contributed by atoms with Gasteiger partial charge in [-0.3, -0.25) is 10.1 Å². The van der Waals surface area contributed by atoms with E-state index in [1.165, 1.54) is 13.0 Å². The number of rotatable bonds is 4. The van der Waals surface area contributed by atoms with Crippen molar-refractivity contribution in [1.29, 1.82) is 0 Å². The highest BCUT2D eigenvalue weighted by atomic mass is 16.6. The third-order valence-electron chi connectivity index (χ3n) is 1.51. The van der Waals surface area contributed by atoms with Gasteiger partial charge in [-0.1, -0.05) is 6.58 Å². The van der Waals surface area contributed by atoms with Gasteiger partial charge < -0.3 is 4.90 Å². The first kappa shape index (κ1) is 11.4. The van der Waals surface area contributed by atoms with Crippen molar-refractivity contribution < 1.29 is 4.92 Å². The molecule has 0 atom stereocenters. The third-order valence-corrected chi connectivity index (χ3v) is 1.51. The summed E-state index contributed by atoms with van der Waals surface area (Å²) >= 11 is 0. The summed E-state index contributed by atoms with van der Waals surface area (Å²) in [6, 6.07) is 0. The van der Waals surface area contributed by atoms with Crippen molar-refractivity contribution in [3.05, 3.63) is 46.3 Å². The zero-order valence-corrected chi connectivity index (χ0v) is 8.15. The van der Waals surface area contributed by atoms with Gasteiger partial charge in [0.2, 0.25) is 5.70 Å². The van der Waals surface area contributed by atoms with E-state index in [-0.39, 0.29) is 5.70 Å². The van der Waals surface area contributed by atoms with Crippen molar-refractivity contribution >= 4 is 0 Å². The van der Waals surface area contributed by atoms with Gasteiger partial charge in [0.05, 0.1) is 4.92 Å². The third kappa shape index (κ3) is 4.10. The van der Waals surface area contributed by atoms with E-state index in [9.17, 15) is 10.1 Å². The van der Waals surface area contributed by atoms with Crippen LogP contribution in [0.2, 0.25) is 0 Å². The molecule has 0 aliphatic heterocycles. The molecule has 0 fully saturated rings. The maximum Gasteiger partial charge on any atom is 0.243 e. The van der Waals surface area contributed by atoms with Crippen LogP contribution in [-0.4, -0.2) is 23.9 Å². The first-order chi connectivity index (χ1) is 5.99. The molecule has 0 saturated heterocycles. The van der Waals surface area contributed by atoms with Crippen LogP contribution >= 0.6 is 0 Å². The van der Waals surface area contributed by atoms with Crippen LogP contribution in [0.5, 0.6) is 0 Å². The molecule has 0 aromatic heterocycles. The summed E-state index contributed by atoms with van der Waals surface area (Å²) < 4.78 is 0. The van der Waals surface area contributed by atoms with Gasteiger partial charge in [-0.25, -0.2) is 0 Å². The van der Waals surface area contributed by atoms with Crippen molar-refractivity contribution in [2.45, 2.75) is 6.92 Å². The summed E-state index contributed by atoms with van der Waals surface area (Å²) in [6.07, 6.45) is 4.76. The molecule has 0 aromatic carbocycles. The molecule has 0 unspecified atom stereocenters. The molecular weight excluding hydrogens is 168 g/mol. The summed E-state index contributed by atoms with van der Waals surface area (Å²) in [5.74, 6) is 0. The van der Waals surface area contributed by atoms with Crippen molar-refractivity contribution in [3.8, 4) is 0 Å². The molecule has 0 N–H and O–H groups in total. The molecule has 0 aromatic rings. The Bertz CT molecular complexity index is 265. The second-order valence-electron chi connectivity index (χ2n) is 2.76. The fourth-order valence-electron chi connectivity index (χ4n) is 0.667. The summed E-state index contributed by atoms with van der Waals surface area (Å²) in [4.78, 5) is 11.6. The first-order valence-electron chi connectivity index (χ1n) is 3.81. The van der Waals surface area contributed by atoms with Gasteiger partial charge in [0.15, 0.2) is 0 Å². The van der Waals surface area contributed by atoms with E-state index in [0.717, 1.165) is 5.70 Å². The normalized spacial score (nSPS) is 12.5. The lowest BCUT2D eigenvalue weighted by Crippen LogP contribution is -2.08. The van der Waals surface area contributed by atoms with Crippen LogP contribution < -0.4 is 0 Å². The molecule has 0 aliphatic rings. The Morgan fingerprint density at radius 2 is 2.00 bits per heavy atom. The lowest BCUT2D eigenvalue weighted by Gasteiger charge is -2.11. The van der Waals surface area contributed by atoms with Crippen molar-refractivity contribution in [3.63, 3.8) is 0 Å². The zero-order valence-electron chi connectivity index (χ0n) is 8.15. The Labute approximate surface area is 78.0 Å². The molecule has 0 amide bonds. The molecule has 0 aliphatic carbocycles. The molecule has 0 rings (SSSR count). The summed E-state index contributed by atoms with van der Waals surface area (Å²) in [5, 5.41) is 10.2. The summed E-state index contributed by atoms with van der Waals surface area (Å²) in [7, 11) is 3.70. The number of nitro groups is 1. The van der Waals surface area contributed by atoms with E-state index in [0.29, 0.717) is 0 Å². The van der Waals surface area contributed by atoms with Crippen LogP contribution in [0.15, 0.2) is 36.2 Å². The van der Waals surface area contributed by atoms with Crippen molar-refractivity contribution in [2.75, 3.05) is 14.1 Å². The molecule has 72 valence electrons. The highest BCUT2D eigenvalue weighted by Gasteiger charge is 1.99. The van der Waals surface area contributed by atoms with Crippen LogP contribution in [0.4, 0.5) is 0 Å². The maximum atomic E-state index is 10.2. The molecule has 0 saturated carbocycles. The van der Waals surface area contributed by atoms with Gasteiger partial charge in [-0.2, -0.15) is 0 Å². The first-order valence-corrected chi connectivity index (χ1v) is 3.81. The van der Waals surface area contributed by atoms with Gasteiger partial charge in [0.25, 0.3) is 0 Å². The second kappa shape index (κ2) is 5.13. The van der Waals surface area contributed by atoms with E-state index in [2.05, 4.69) is 6.58 Å². The average molecular weight is 182 g/mol. The Morgan fingerprint density at radius 3 is 2.31 bits per heavy atom. The fraction of sp³-hybridized carbons (Fsp3) is 0.333. The molecule has 0 heterocycles. The largest absolute Gasteiger partial charge is 0.378 e. The Morgan fingerprint density at radius 1 is 1.46 bits per heavy atom. The van der Waals surface area contributed by atoms with Crippen molar-refractivity contribution in [2.24, 2.45) is 0 Å². The van der Waals surface area contributed by atoms with E-state index < -0.39 is 4.92 Å². The number of hydrogen-bond acceptors (Lipinski definition) is 3. The predicted molar refractivity (Wildman–Crippen MR) is 52.7 cm³/mol. The molecule has 0 radical (unpaired) electrons. The number of allylic oxidation sites excluding steroid dienone is 4. The lowest BCUT2D eigenvalue weighted by molar-refractivity contribution is -0.424. The lowest BCUT2D eigenvalue weighted by atomic mass is 10.3. The SMILES string of the molecule is C=C/C(=C\C=C(/C)[N+](=O)[O-])N(C)C. The van der Waals surface area contributed by atoms with Gasteiger partial charge in [-0.15, -0.1) is 0 Å². The van der Waals surface area contributed by atoms with E-state index in [1.54, 1.807) is 12.2 Å². The topological polar surface area (TPSA) is 46.4 Å². The van der Waals surface area contributed by atoms with Crippen LogP contribution in [-0.2, 0) is 0 Å². The van der Waals surface area contributed by atoms with Crippen LogP contribution in [0.3, 0.4) is 0 Å². The van der Waals surface area contributed by atoms with Crippen LogP contribution in [0.25, 0.3) is 0 Å². The average Bonchev–Trinajstić information content (AvgIpc) is 2.04. The minimum Gasteiger partial charge on any atom is -0.378 e. The minimum atomic E-state index is -0.424. The Balaban J connectivity index is 4.64. The number of hydrogen-bond donors (Lipinski definition) is 0. The minimum absolute atomic E-state index is 0.112. The van der Waals surface area contributed by atoms with Crippen LogP contribution in [0, 0.1) is 10.1 Å². The highest BCUT2D eigenvalue weighted by Crippen LogP contribution is 2.02. The highest BCUT2D eigenvalue weighted by molar-refractivity contribution is 5.21. The second-order valence-corrected chi connectivity index (χ2v) is 2.76. The molecule has 4 nitrogen and oxygen atoms in total. The predicted octanol–water partition coefficient (Wildman–Crippen LogP) is 1.80. The fourth-order valence-corrected chi connectivity index (χ4v) is 0.667. The number of likely N-dealkylation sites (N-methyl/N-ethyl adjacent to an activating group) is 1. The number of nitrogens with zero attached hydrogens (tertiary/aromatic N) is 2. The van der Waals surface area contributed by atoms with E-state index >= 15 is 0 Å². The Kier molecular flexibility index (Phi) is 4.51. The van der Waals surface area contributed by atoms with Crippen molar-refractivity contribution in [1.82, 2.24) is 4.90 Å². The van der Waals surface area contributed by atoms with Gasteiger partial charge in [0.1, 0.15) is 0 Å².